The monoisotopic (exact) mass is 195 g/mol. The van der Waals surface area contributed by atoms with Crippen LogP contribution in [0.4, 0.5) is 0 Å². The van der Waals surface area contributed by atoms with Crippen molar-refractivity contribution < 1.29 is 16.0 Å². The van der Waals surface area contributed by atoms with Crippen molar-refractivity contribution in [2.24, 2.45) is 0 Å². The van der Waals surface area contributed by atoms with E-state index in [4.69, 9.17) is 16.0 Å². The van der Waals surface area contributed by atoms with Gasteiger partial charge < -0.3 is 9.15 Å². The third-order valence-corrected chi connectivity index (χ3v) is 1.53. The second kappa shape index (κ2) is 3.54. The summed E-state index contributed by atoms with van der Waals surface area (Å²) in [4.78, 5) is 11.4. The zero-order valence-electron chi connectivity index (χ0n) is 12.4. The van der Waals surface area contributed by atoms with Crippen LogP contribution < -0.4 is 10.4 Å². The molecule has 0 bridgehead atoms. The van der Waals surface area contributed by atoms with Crippen LogP contribution in [-0.4, -0.2) is 6.61 Å². The van der Waals surface area contributed by atoms with E-state index >= 15 is 0 Å². The third kappa shape index (κ3) is 1.62. The molecule has 1 aromatic heterocycles. The van der Waals surface area contributed by atoms with Crippen LogP contribution in [0.25, 0.3) is 11.0 Å². The predicted molar refractivity (Wildman–Crippen MR) is 53.7 cm³/mol. The lowest BCUT2D eigenvalue weighted by atomic mass is 10.2. The van der Waals surface area contributed by atoms with E-state index in [1.54, 1.807) is 6.92 Å². The molecule has 0 N–H and O–H groups in total. The van der Waals surface area contributed by atoms with Crippen LogP contribution in [0, 0.1) is 0 Å². The Labute approximate surface area is 87.9 Å². The van der Waals surface area contributed by atoms with E-state index in [0.717, 1.165) is 0 Å². The Morgan fingerprint density at radius 3 is 3.00 bits per heavy atom. The van der Waals surface area contributed by atoms with Gasteiger partial charge in [0.05, 0.1) is 13.5 Å². The first-order valence-corrected chi connectivity index (χ1v) is 4.06. The lowest BCUT2D eigenvalue weighted by molar-refractivity contribution is 0.340. The number of ether oxygens (including phenoxy) is 1. The molecule has 0 saturated heterocycles. The van der Waals surface area contributed by atoms with Crippen molar-refractivity contribution in [3.63, 3.8) is 0 Å². The van der Waals surface area contributed by atoms with Crippen LogP contribution in [-0.2, 0) is 0 Å². The van der Waals surface area contributed by atoms with Gasteiger partial charge in [-0.05, 0) is 25.1 Å². The molecular weight excluding hydrogens is 180 g/mol. The Hall–Kier alpha value is -1.77. The molecule has 0 amide bonds. The van der Waals surface area contributed by atoms with Crippen molar-refractivity contribution in [1.29, 1.82) is 0 Å². The molecule has 0 saturated carbocycles. The van der Waals surface area contributed by atoms with E-state index in [1.165, 1.54) is 0 Å². The molecule has 3 heteroatoms. The number of rotatable bonds is 2. The van der Waals surface area contributed by atoms with E-state index in [0.29, 0.717) is 0 Å². The first-order valence-electron chi connectivity index (χ1n) is 6.56. The van der Waals surface area contributed by atoms with E-state index < -0.39 is 23.8 Å². The zero-order valence-corrected chi connectivity index (χ0v) is 7.43. The molecule has 1 heterocycles. The first kappa shape index (κ1) is 4.64. The molecule has 1 aromatic carbocycles. The molecular formula is C11H10O3. The van der Waals surface area contributed by atoms with Crippen LogP contribution in [0.1, 0.15) is 13.8 Å². The van der Waals surface area contributed by atoms with Crippen molar-refractivity contribution in [1.82, 2.24) is 0 Å². The Balaban J connectivity index is 3.02. The first-order chi connectivity index (χ1) is 8.90. The van der Waals surface area contributed by atoms with Gasteiger partial charge in [-0.3, -0.25) is 0 Å². The lowest BCUT2D eigenvalue weighted by Gasteiger charge is -2.02. The number of fused-ring (bicyclic) bond motifs is 1. The maximum absolute atomic E-state index is 11.4. The average molecular weight is 195 g/mol. The minimum atomic E-state index is -1.05. The van der Waals surface area contributed by atoms with Gasteiger partial charge in [-0.15, -0.1) is 0 Å². The third-order valence-electron chi connectivity index (χ3n) is 1.53. The molecule has 3 nitrogen and oxygen atoms in total. The second-order valence-corrected chi connectivity index (χ2v) is 2.48. The van der Waals surface area contributed by atoms with E-state index in [2.05, 4.69) is 0 Å². The van der Waals surface area contributed by atoms with Crippen LogP contribution in [0.15, 0.2) is 39.4 Å². The van der Waals surface area contributed by atoms with E-state index in [1.807, 2.05) is 0 Å². The van der Waals surface area contributed by atoms with Crippen molar-refractivity contribution in [3.8, 4) is 5.75 Å². The predicted octanol–water partition coefficient (Wildman–Crippen LogP) is 2.19. The van der Waals surface area contributed by atoms with E-state index in [-0.39, 0.29) is 35.4 Å². The summed E-state index contributed by atoms with van der Waals surface area (Å²) in [5.41, 5.74) is -1.35. The highest BCUT2D eigenvalue weighted by molar-refractivity contribution is 5.77. The molecule has 0 unspecified atom stereocenters. The largest absolute Gasteiger partial charge is 0.494 e. The van der Waals surface area contributed by atoms with Crippen LogP contribution in [0.3, 0.4) is 0 Å². The van der Waals surface area contributed by atoms with Gasteiger partial charge in [-0.1, -0.05) is 0 Å². The molecule has 0 aliphatic heterocycles. The Kier molecular flexibility index (Phi) is 1.17. The molecule has 72 valence electrons. The molecule has 14 heavy (non-hydrogen) atoms. The van der Waals surface area contributed by atoms with Gasteiger partial charge in [0.15, 0.2) is 0 Å². The van der Waals surface area contributed by atoms with Gasteiger partial charge in [-0.25, -0.2) is 4.79 Å². The minimum Gasteiger partial charge on any atom is -0.494 e. The zero-order chi connectivity index (χ0) is 14.3. The highest BCUT2D eigenvalue weighted by Crippen LogP contribution is 2.19. The van der Waals surface area contributed by atoms with Gasteiger partial charge in [-0.2, -0.15) is 0 Å². The minimum absolute atomic E-state index is 0.166. The van der Waals surface area contributed by atoms with Crippen molar-refractivity contribution in [3.05, 3.63) is 40.6 Å². The van der Waals surface area contributed by atoms with E-state index in [9.17, 15) is 4.79 Å². The summed E-state index contributed by atoms with van der Waals surface area (Å²) in [6.45, 7) is 1.85. The quantitative estimate of drug-likeness (QED) is 0.689. The summed E-state index contributed by atoms with van der Waals surface area (Å²) in [5.74, 6) is -0.166. The molecule has 0 aliphatic carbocycles. The van der Waals surface area contributed by atoms with Gasteiger partial charge in [0.25, 0.3) is 0 Å². The summed E-state index contributed by atoms with van der Waals surface area (Å²) in [6, 6.07) is -2.31. The lowest BCUT2D eigenvalue weighted by Crippen LogP contribution is -1.95. The van der Waals surface area contributed by atoms with Crippen molar-refractivity contribution in [2.45, 2.75) is 6.92 Å². The summed E-state index contributed by atoms with van der Waals surface area (Å²) in [5, 5.41) is -0.192. The standard InChI is InChI=1S/C11H10O3/c1-2-13-9-5-3-8-4-6-11(12)14-10(8)7-9/h3-7H,2H2,1H3/i3D,4D,5D,6D,7D. The average Bonchev–Trinajstić information content (AvgIpc) is 2.38. The smallest absolute Gasteiger partial charge is 0.336 e. The van der Waals surface area contributed by atoms with Gasteiger partial charge in [0, 0.05) is 17.5 Å². The molecule has 0 radical (unpaired) electrons. The SMILES string of the molecule is [2H]c1c(OCC)c([2H])c2oc(=O)c([2H])c([2H])c2c1[2H]. The molecule has 0 aliphatic rings. The van der Waals surface area contributed by atoms with Gasteiger partial charge >= 0.3 is 5.63 Å². The van der Waals surface area contributed by atoms with Crippen molar-refractivity contribution in [2.75, 3.05) is 6.61 Å². The fourth-order valence-corrected chi connectivity index (χ4v) is 0.986. The number of benzene rings is 1. The van der Waals surface area contributed by atoms with Crippen LogP contribution in [0.5, 0.6) is 5.75 Å². The fourth-order valence-electron chi connectivity index (χ4n) is 0.986. The highest BCUT2D eigenvalue weighted by Gasteiger charge is 1.98. The normalized spacial score (nSPS) is 15.4. The highest BCUT2D eigenvalue weighted by atomic mass is 16.5. The fraction of sp³-hybridized carbons (Fsp3) is 0.182. The molecule has 2 aromatic rings. The van der Waals surface area contributed by atoms with Crippen molar-refractivity contribution >= 4 is 11.0 Å². The van der Waals surface area contributed by atoms with Crippen LogP contribution >= 0.6 is 0 Å². The number of hydrogen-bond donors (Lipinski definition) is 0. The maximum Gasteiger partial charge on any atom is 0.336 e. The second-order valence-electron chi connectivity index (χ2n) is 2.48. The van der Waals surface area contributed by atoms with Gasteiger partial charge in [0.1, 0.15) is 11.3 Å². The summed E-state index contributed by atoms with van der Waals surface area (Å²) in [7, 11) is 0. The Morgan fingerprint density at radius 1 is 1.43 bits per heavy atom. The summed E-state index contributed by atoms with van der Waals surface area (Å²) in [6.07, 6.45) is 0. The Bertz CT molecular complexity index is 723. The summed E-state index contributed by atoms with van der Waals surface area (Å²) >= 11 is 0. The van der Waals surface area contributed by atoms with Gasteiger partial charge in [0.2, 0.25) is 0 Å². The maximum atomic E-state index is 11.4. The summed E-state index contributed by atoms with van der Waals surface area (Å²) < 4.78 is 48.3. The molecule has 0 fully saturated rings. The number of hydrogen-bond acceptors (Lipinski definition) is 3. The topological polar surface area (TPSA) is 39.4 Å². The Morgan fingerprint density at radius 2 is 2.21 bits per heavy atom. The molecule has 2 rings (SSSR count). The molecule has 0 atom stereocenters. The van der Waals surface area contributed by atoms with Crippen LogP contribution in [0.2, 0.25) is 0 Å². The molecule has 0 spiro atoms.